The number of likely N-dealkylation sites (N-methyl/N-ethyl adjacent to an activating group) is 1. The average molecular weight is 241 g/mol. The van der Waals surface area contributed by atoms with Crippen molar-refractivity contribution in [3.63, 3.8) is 0 Å². The van der Waals surface area contributed by atoms with Gasteiger partial charge >= 0.3 is 0 Å². The van der Waals surface area contributed by atoms with E-state index >= 15 is 0 Å². The molecule has 0 saturated carbocycles. The Balaban J connectivity index is 2.29. The fourth-order valence-corrected chi connectivity index (χ4v) is 2.07. The minimum atomic E-state index is -0.00730. The Hall–Kier alpha value is -1.10. The second-order valence-electron chi connectivity index (χ2n) is 4.33. The Kier molecular flexibility index (Phi) is 5.97. The molecule has 1 aliphatic rings. The molecule has 1 rings (SSSR count). The molecule has 2 N–H and O–H groups in total. The number of hydrogen-bond donors (Lipinski definition) is 2. The number of nitrogens with one attached hydrogen (secondary N) is 2. The second kappa shape index (κ2) is 7.27. The molecule has 1 atom stereocenters. The van der Waals surface area contributed by atoms with E-state index in [9.17, 15) is 9.59 Å². The standard InChI is InChI=1S/C12H23N3O2/c1-3-15(4-2)11(16)9-14-12(17)10-6-5-7-13-8-10/h10,13H,3-9H2,1-2H3,(H,14,17). The van der Waals surface area contributed by atoms with Crippen molar-refractivity contribution in [1.82, 2.24) is 15.5 Å². The molecule has 5 heteroatoms. The molecule has 1 heterocycles. The van der Waals surface area contributed by atoms with Crippen molar-refractivity contribution in [3.05, 3.63) is 0 Å². The van der Waals surface area contributed by atoms with Gasteiger partial charge in [0.25, 0.3) is 0 Å². The van der Waals surface area contributed by atoms with Gasteiger partial charge in [-0.1, -0.05) is 0 Å². The lowest BCUT2D eigenvalue weighted by atomic mass is 9.99. The number of piperidine rings is 1. The van der Waals surface area contributed by atoms with Crippen LogP contribution in [0.25, 0.3) is 0 Å². The molecule has 0 bridgehead atoms. The summed E-state index contributed by atoms with van der Waals surface area (Å²) in [4.78, 5) is 25.2. The first-order valence-corrected chi connectivity index (χ1v) is 6.45. The molecule has 2 amide bonds. The zero-order valence-electron chi connectivity index (χ0n) is 10.8. The second-order valence-corrected chi connectivity index (χ2v) is 4.33. The molecule has 17 heavy (non-hydrogen) atoms. The smallest absolute Gasteiger partial charge is 0.241 e. The van der Waals surface area contributed by atoms with Crippen molar-refractivity contribution in [1.29, 1.82) is 0 Å². The van der Waals surface area contributed by atoms with E-state index in [0.717, 1.165) is 25.9 Å². The van der Waals surface area contributed by atoms with E-state index in [-0.39, 0.29) is 24.3 Å². The van der Waals surface area contributed by atoms with Gasteiger partial charge < -0.3 is 15.5 Å². The van der Waals surface area contributed by atoms with Gasteiger partial charge in [-0.2, -0.15) is 0 Å². The van der Waals surface area contributed by atoms with Crippen LogP contribution in [0.5, 0.6) is 0 Å². The number of hydrogen-bond acceptors (Lipinski definition) is 3. The summed E-state index contributed by atoms with van der Waals surface area (Å²) in [5.74, 6) is 0.0121. The topological polar surface area (TPSA) is 61.4 Å². The van der Waals surface area contributed by atoms with Crippen molar-refractivity contribution < 1.29 is 9.59 Å². The number of rotatable bonds is 5. The number of carbonyl (C=O) groups is 2. The Morgan fingerprint density at radius 3 is 2.59 bits per heavy atom. The summed E-state index contributed by atoms with van der Waals surface area (Å²) in [6.45, 7) is 7.10. The minimum Gasteiger partial charge on any atom is -0.347 e. The summed E-state index contributed by atoms with van der Waals surface area (Å²) < 4.78 is 0. The van der Waals surface area contributed by atoms with Gasteiger partial charge in [-0.3, -0.25) is 9.59 Å². The molecule has 0 aromatic rings. The van der Waals surface area contributed by atoms with Crippen LogP contribution >= 0.6 is 0 Å². The molecule has 0 aromatic heterocycles. The number of carbonyl (C=O) groups excluding carboxylic acids is 2. The predicted molar refractivity (Wildman–Crippen MR) is 66.5 cm³/mol. The Morgan fingerprint density at radius 1 is 1.35 bits per heavy atom. The van der Waals surface area contributed by atoms with Crippen LogP contribution < -0.4 is 10.6 Å². The molecule has 0 aliphatic carbocycles. The van der Waals surface area contributed by atoms with E-state index in [1.54, 1.807) is 4.90 Å². The Bertz CT molecular complexity index is 258. The fraction of sp³-hybridized carbons (Fsp3) is 0.833. The van der Waals surface area contributed by atoms with Crippen LogP contribution in [0.2, 0.25) is 0 Å². The van der Waals surface area contributed by atoms with Crippen molar-refractivity contribution in [2.24, 2.45) is 5.92 Å². The summed E-state index contributed by atoms with van der Waals surface area (Å²) in [7, 11) is 0. The third-order valence-corrected chi connectivity index (χ3v) is 3.20. The van der Waals surface area contributed by atoms with Crippen LogP contribution in [0.3, 0.4) is 0 Å². The normalized spacial score (nSPS) is 19.8. The van der Waals surface area contributed by atoms with E-state index in [4.69, 9.17) is 0 Å². The SMILES string of the molecule is CCN(CC)C(=O)CNC(=O)C1CCCNC1. The van der Waals surface area contributed by atoms with E-state index in [1.165, 1.54) is 0 Å². The van der Waals surface area contributed by atoms with Crippen LogP contribution in [0.4, 0.5) is 0 Å². The lowest BCUT2D eigenvalue weighted by molar-refractivity contribution is -0.133. The van der Waals surface area contributed by atoms with Crippen LogP contribution in [0.15, 0.2) is 0 Å². The maximum absolute atomic E-state index is 11.8. The maximum atomic E-state index is 11.8. The summed E-state index contributed by atoms with van der Waals surface area (Å²) >= 11 is 0. The van der Waals surface area contributed by atoms with Gasteiger partial charge in [-0.15, -0.1) is 0 Å². The van der Waals surface area contributed by atoms with Crippen molar-refractivity contribution in [3.8, 4) is 0 Å². The molecule has 0 spiro atoms. The van der Waals surface area contributed by atoms with E-state index in [0.29, 0.717) is 13.1 Å². The Labute approximate surface area is 103 Å². The summed E-state index contributed by atoms with van der Waals surface area (Å²) in [5, 5.41) is 5.92. The first-order chi connectivity index (χ1) is 8.19. The highest BCUT2D eigenvalue weighted by atomic mass is 16.2. The maximum Gasteiger partial charge on any atom is 0.241 e. The number of nitrogens with zero attached hydrogens (tertiary/aromatic N) is 1. The lowest BCUT2D eigenvalue weighted by Gasteiger charge is -2.23. The van der Waals surface area contributed by atoms with Gasteiger partial charge in [0.2, 0.25) is 11.8 Å². The van der Waals surface area contributed by atoms with Gasteiger partial charge in [0.05, 0.1) is 12.5 Å². The quantitative estimate of drug-likeness (QED) is 0.710. The lowest BCUT2D eigenvalue weighted by Crippen LogP contribution is -2.45. The van der Waals surface area contributed by atoms with Crippen LogP contribution in [0.1, 0.15) is 26.7 Å². The summed E-state index contributed by atoms with van der Waals surface area (Å²) in [5.41, 5.74) is 0. The van der Waals surface area contributed by atoms with Crippen LogP contribution in [-0.4, -0.2) is 49.4 Å². The first-order valence-electron chi connectivity index (χ1n) is 6.45. The van der Waals surface area contributed by atoms with Crippen molar-refractivity contribution >= 4 is 11.8 Å². The zero-order chi connectivity index (χ0) is 12.7. The first kappa shape index (κ1) is 14.0. The monoisotopic (exact) mass is 241 g/mol. The average Bonchev–Trinajstić information content (AvgIpc) is 2.38. The van der Waals surface area contributed by atoms with Gasteiger partial charge in [0, 0.05) is 19.6 Å². The molecule has 1 unspecified atom stereocenters. The summed E-state index contributed by atoms with van der Waals surface area (Å²) in [6, 6.07) is 0. The molecule has 0 radical (unpaired) electrons. The van der Waals surface area contributed by atoms with Crippen molar-refractivity contribution in [2.75, 3.05) is 32.7 Å². The van der Waals surface area contributed by atoms with Gasteiger partial charge in [-0.25, -0.2) is 0 Å². The van der Waals surface area contributed by atoms with Gasteiger partial charge in [0.1, 0.15) is 0 Å². The summed E-state index contributed by atoms with van der Waals surface area (Å²) in [6.07, 6.45) is 1.94. The Morgan fingerprint density at radius 2 is 2.06 bits per heavy atom. The largest absolute Gasteiger partial charge is 0.347 e. The highest BCUT2D eigenvalue weighted by Crippen LogP contribution is 2.09. The fourth-order valence-electron chi connectivity index (χ4n) is 2.07. The third kappa shape index (κ3) is 4.34. The molecule has 5 nitrogen and oxygen atoms in total. The highest BCUT2D eigenvalue weighted by Gasteiger charge is 2.21. The van der Waals surface area contributed by atoms with E-state index < -0.39 is 0 Å². The van der Waals surface area contributed by atoms with Crippen molar-refractivity contribution in [2.45, 2.75) is 26.7 Å². The molecule has 0 aromatic carbocycles. The van der Waals surface area contributed by atoms with Gasteiger partial charge in [-0.05, 0) is 33.2 Å². The highest BCUT2D eigenvalue weighted by molar-refractivity contribution is 5.86. The van der Waals surface area contributed by atoms with Crippen LogP contribution in [0, 0.1) is 5.92 Å². The van der Waals surface area contributed by atoms with E-state index in [2.05, 4.69) is 10.6 Å². The third-order valence-electron chi connectivity index (χ3n) is 3.20. The number of amides is 2. The minimum absolute atomic E-state index is 0.00212. The van der Waals surface area contributed by atoms with Crippen LogP contribution in [-0.2, 0) is 9.59 Å². The predicted octanol–water partition coefficient (Wildman–Crippen LogP) is -0.0294. The zero-order valence-corrected chi connectivity index (χ0v) is 10.8. The van der Waals surface area contributed by atoms with E-state index in [1.807, 2.05) is 13.8 Å². The molecular formula is C12H23N3O2. The molecule has 1 aliphatic heterocycles. The molecular weight excluding hydrogens is 218 g/mol. The molecule has 98 valence electrons. The van der Waals surface area contributed by atoms with Gasteiger partial charge in [0.15, 0.2) is 0 Å². The molecule has 1 saturated heterocycles. The molecule has 1 fully saturated rings.